The molecule has 0 saturated heterocycles. The molecule has 0 aliphatic rings. The van der Waals surface area contributed by atoms with Gasteiger partial charge in [-0.05, 0) is 24.4 Å². The Balaban J connectivity index is 2.79. The first-order chi connectivity index (χ1) is 8.02. The van der Waals surface area contributed by atoms with Crippen molar-refractivity contribution in [3.05, 3.63) is 40.5 Å². The summed E-state index contributed by atoms with van der Waals surface area (Å²) in [6.07, 6.45) is 0. The third kappa shape index (κ3) is 1.87. The quantitative estimate of drug-likeness (QED) is 0.808. The van der Waals surface area contributed by atoms with Crippen molar-refractivity contribution in [3.63, 3.8) is 0 Å². The Morgan fingerprint density at radius 1 is 1.47 bits per heavy atom. The molecule has 0 atom stereocenters. The van der Waals surface area contributed by atoms with E-state index in [2.05, 4.69) is 4.98 Å². The number of carbonyl (C=O) groups is 1. The van der Waals surface area contributed by atoms with Crippen LogP contribution in [-0.2, 0) is 7.05 Å². The van der Waals surface area contributed by atoms with Crippen LogP contribution in [-0.4, -0.2) is 20.6 Å². The molecule has 0 aliphatic heterocycles. The van der Waals surface area contributed by atoms with Crippen molar-refractivity contribution in [1.29, 1.82) is 0 Å². The molecule has 0 amide bonds. The summed E-state index contributed by atoms with van der Waals surface area (Å²) in [7, 11) is 1.59. The zero-order valence-corrected chi connectivity index (χ0v) is 9.71. The Bertz CT molecular complexity index is 645. The van der Waals surface area contributed by atoms with Crippen molar-refractivity contribution < 1.29 is 14.3 Å². The third-order valence-electron chi connectivity index (χ3n) is 2.45. The maximum atomic E-state index is 13.7. The van der Waals surface area contributed by atoms with Gasteiger partial charge in [0.05, 0.1) is 5.69 Å². The lowest BCUT2D eigenvalue weighted by Crippen LogP contribution is -2.02. The number of aromatic amines is 1. The van der Waals surface area contributed by atoms with Crippen LogP contribution in [0.25, 0.3) is 11.3 Å². The highest BCUT2D eigenvalue weighted by Crippen LogP contribution is 2.25. The van der Waals surface area contributed by atoms with E-state index in [-0.39, 0.29) is 21.7 Å². The van der Waals surface area contributed by atoms with Gasteiger partial charge in [0.25, 0.3) is 0 Å². The highest BCUT2D eigenvalue weighted by atomic mass is 32.1. The number of carboxylic acids is 1. The van der Waals surface area contributed by atoms with E-state index in [9.17, 15) is 9.18 Å². The van der Waals surface area contributed by atoms with Crippen LogP contribution >= 0.6 is 12.2 Å². The highest BCUT2D eigenvalue weighted by molar-refractivity contribution is 7.71. The molecule has 0 bridgehead atoms. The molecule has 2 N–H and O–H groups in total. The van der Waals surface area contributed by atoms with Gasteiger partial charge in [0.2, 0.25) is 0 Å². The molecule has 17 heavy (non-hydrogen) atoms. The lowest BCUT2D eigenvalue weighted by atomic mass is 10.1. The van der Waals surface area contributed by atoms with Gasteiger partial charge in [0.15, 0.2) is 10.5 Å². The summed E-state index contributed by atoms with van der Waals surface area (Å²) in [5.41, 5.74) is 0.336. The zero-order chi connectivity index (χ0) is 12.6. The number of nitrogens with one attached hydrogen (secondary N) is 1. The number of nitrogens with zero attached hydrogens (tertiary/aromatic N) is 1. The molecule has 2 aromatic rings. The monoisotopic (exact) mass is 252 g/mol. The molecule has 0 spiro atoms. The average Bonchev–Trinajstić information content (AvgIpc) is 2.57. The first-order valence-electron chi connectivity index (χ1n) is 4.79. The van der Waals surface area contributed by atoms with Gasteiger partial charge >= 0.3 is 5.97 Å². The number of aromatic carboxylic acids is 1. The van der Waals surface area contributed by atoms with Gasteiger partial charge < -0.3 is 14.7 Å². The minimum atomic E-state index is -1.17. The number of imidazole rings is 1. The maximum absolute atomic E-state index is 13.7. The highest BCUT2D eigenvalue weighted by Gasteiger charge is 2.19. The fourth-order valence-electron chi connectivity index (χ4n) is 1.64. The van der Waals surface area contributed by atoms with Crippen LogP contribution in [0.15, 0.2) is 24.3 Å². The van der Waals surface area contributed by atoms with E-state index in [1.165, 1.54) is 16.7 Å². The van der Waals surface area contributed by atoms with Crippen LogP contribution in [0.5, 0.6) is 0 Å². The molecular weight excluding hydrogens is 243 g/mol. The molecule has 0 radical (unpaired) electrons. The minimum absolute atomic E-state index is 0.109. The molecule has 0 aliphatic carbocycles. The number of carboxylic acid groups (broad SMARTS) is 1. The second-order valence-corrected chi connectivity index (χ2v) is 3.88. The lowest BCUT2D eigenvalue weighted by Gasteiger charge is -2.05. The first-order valence-corrected chi connectivity index (χ1v) is 5.20. The SMILES string of the molecule is Cn1c(-c2ccccc2F)c(C(=O)O)[nH]c1=S. The van der Waals surface area contributed by atoms with Gasteiger partial charge in [-0.15, -0.1) is 0 Å². The van der Waals surface area contributed by atoms with E-state index in [0.717, 1.165) is 0 Å². The Kier molecular flexibility index (Phi) is 2.81. The number of benzene rings is 1. The smallest absolute Gasteiger partial charge is 0.354 e. The van der Waals surface area contributed by atoms with Gasteiger partial charge in [0.1, 0.15) is 5.82 Å². The second kappa shape index (κ2) is 4.14. The summed E-state index contributed by atoms with van der Waals surface area (Å²) in [6, 6.07) is 5.97. The van der Waals surface area contributed by atoms with Gasteiger partial charge in [-0.2, -0.15) is 0 Å². The van der Waals surface area contributed by atoms with Gasteiger partial charge in [-0.1, -0.05) is 12.1 Å². The Morgan fingerprint density at radius 3 is 2.71 bits per heavy atom. The van der Waals surface area contributed by atoms with Crippen molar-refractivity contribution in [2.24, 2.45) is 7.05 Å². The molecule has 1 aromatic carbocycles. The molecule has 1 heterocycles. The van der Waals surface area contributed by atoms with Crippen LogP contribution in [0.1, 0.15) is 10.5 Å². The van der Waals surface area contributed by atoms with E-state index in [1.54, 1.807) is 19.2 Å². The van der Waals surface area contributed by atoms with Gasteiger partial charge in [-0.3, -0.25) is 0 Å². The molecule has 1 aromatic heterocycles. The summed E-state index contributed by atoms with van der Waals surface area (Å²) in [5, 5.41) is 9.04. The molecule has 4 nitrogen and oxygen atoms in total. The number of hydrogen-bond acceptors (Lipinski definition) is 2. The zero-order valence-electron chi connectivity index (χ0n) is 8.90. The van der Waals surface area contributed by atoms with Crippen LogP contribution in [0.2, 0.25) is 0 Å². The normalized spacial score (nSPS) is 10.5. The topological polar surface area (TPSA) is 58.0 Å². The van der Waals surface area contributed by atoms with Crippen LogP contribution in [0, 0.1) is 10.6 Å². The Hall–Kier alpha value is -1.95. The lowest BCUT2D eigenvalue weighted by molar-refractivity contribution is 0.0692. The second-order valence-electron chi connectivity index (χ2n) is 3.50. The number of rotatable bonds is 2. The van der Waals surface area contributed by atoms with Gasteiger partial charge in [-0.25, -0.2) is 9.18 Å². The van der Waals surface area contributed by atoms with Crippen LogP contribution < -0.4 is 0 Å². The summed E-state index contributed by atoms with van der Waals surface area (Å²) in [4.78, 5) is 13.6. The summed E-state index contributed by atoms with van der Waals surface area (Å²) in [5.74, 6) is -1.66. The fraction of sp³-hybridized carbons (Fsp3) is 0.0909. The van der Waals surface area contributed by atoms with Crippen molar-refractivity contribution in [2.45, 2.75) is 0 Å². The van der Waals surface area contributed by atoms with E-state index in [1.807, 2.05) is 0 Å². The molecular formula is C11H9FN2O2S. The summed E-state index contributed by atoms with van der Waals surface area (Å²) < 4.78 is 15.3. The summed E-state index contributed by atoms with van der Waals surface area (Å²) in [6.45, 7) is 0. The number of aromatic nitrogens is 2. The van der Waals surface area contributed by atoms with Crippen molar-refractivity contribution in [3.8, 4) is 11.3 Å². The molecule has 0 unspecified atom stereocenters. The van der Waals surface area contributed by atoms with E-state index in [4.69, 9.17) is 17.3 Å². The van der Waals surface area contributed by atoms with E-state index < -0.39 is 11.8 Å². The third-order valence-corrected chi connectivity index (χ3v) is 2.83. The Morgan fingerprint density at radius 2 is 2.12 bits per heavy atom. The summed E-state index contributed by atoms with van der Waals surface area (Å²) >= 11 is 4.95. The van der Waals surface area contributed by atoms with Crippen molar-refractivity contribution in [1.82, 2.24) is 9.55 Å². The molecule has 2 rings (SSSR count). The first kappa shape index (κ1) is 11.5. The molecule has 88 valence electrons. The predicted molar refractivity (Wildman–Crippen MR) is 63.0 cm³/mol. The van der Waals surface area contributed by atoms with E-state index in [0.29, 0.717) is 0 Å². The van der Waals surface area contributed by atoms with Crippen LogP contribution in [0.3, 0.4) is 0 Å². The Labute approximate surface area is 101 Å². The molecule has 6 heteroatoms. The fourth-order valence-corrected chi connectivity index (χ4v) is 1.84. The largest absolute Gasteiger partial charge is 0.477 e. The van der Waals surface area contributed by atoms with Gasteiger partial charge in [0, 0.05) is 12.6 Å². The number of halogens is 1. The predicted octanol–water partition coefficient (Wildman–Crippen LogP) is 2.59. The standard InChI is InChI=1S/C11H9FN2O2S/c1-14-9(6-4-2-3-5-7(6)12)8(10(15)16)13-11(14)17/h2-5H,1H3,(H,13,17)(H,15,16). The maximum Gasteiger partial charge on any atom is 0.354 e. The molecule has 0 saturated carbocycles. The van der Waals surface area contributed by atoms with Crippen LogP contribution in [0.4, 0.5) is 4.39 Å². The molecule has 0 fully saturated rings. The van der Waals surface area contributed by atoms with Crippen molar-refractivity contribution in [2.75, 3.05) is 0 Å². The van der Waals surface area contributed by atoms with Crippen molar-refractivity contribution >= 4 is 18.2 Å². The average molecular weight is 252 g/mol. The number of hydrogen-bond donors (Lipinski definition) is 2. The van der Waals surface area contributed by atoms with E-state index >= 15 is 0 Å². The number of H-pyrrole nitrogens is 1. The minimum Gasteiger partial charge on any atom is -0.477 e.